The number of benzene rings is 2. The van der Waals surface area contributed by atoms with Crippen LogP contribution in [0.3, 0.4) is 0 Å². The van der Waals surface area contributed by atoms with E-state index in [1.54, 1.807) is 36.4 Å². The summed E-state index contributed by atoms with van der Waals surface area (Å²) in [4.78, 5) is 13.8. The van der Waals surface area contributed by atoms with E-state index in [2.05, 4.69) is 0 Å². The van der Waals surface area contributed by atoms with Crippen LogP contribution in [0.1, 0.15) is 17.2 Å². The largest absolute Gasteiger partial charge is 0.367 e. The summed E-state index contributed by atoms with van der Waals surface area (Å²) in [6.45, 7) is -0.503. The van der Waals surface area contributed by atoms with Gasteiger partial charge in [0.15, 0.2) is 6.10 Å². The summed E-state index contributed by atoms with van der Waals surface area (Å²) in [6.07, 6.45) is -3.49. The van der Waals surface area contributed by atoms with Gasteiger partial charge in [-0.2, -0.15) is 0 Å². The number of rotatable bonds is 7. The van der Waals surface area contributed by atoms with Crippen molar-refractivity contribution >= 4 is 5.91 Å². The van der Waals surface area contributed by atoms with Crippen LogP contribution in [0.5, 0.6) is 0 Å². The number of nitrogens with zero attached hydrogens (tertiary/aromatic N) is 1. The van der Waals surface area contributed by atoms with E-state index < -0.39 is 25.0 Å². The van der Waals surface area contributed by atoms with Crippen LogP contribution in [0, 0.1) is 0 Å². The van der Waals surface area contributed by atoms with Crippen LogP contribution in [-0.2, 0) is 16.1 Å². The molecule has 0 saturated carbocycles. The Morgan fingerprint density at radius 2 is 1.61 bits per heavy atom. The Morgan fingerprint density at radius 1 is 1.04 bits per heavy atom. The summed E-state index contributed by atoms with van der Waals surface area (Å²) in [5, 5.41) is 0. The Morgan fingerprint density at radius 3 is 2.13 bits per heavy atom. The highest BCUT2D eigenvalue weighted by Gasteiger charge is 2.27. The fourth-order valence-corrected chi connectivity index (χ4v) is 2.38. The molecule has 0 aromatic heterocycles. The minimum Gasteiger partial charge on any atom is -0.367 e. The van der Waals surface area contributed by atoms with E-state index in [0.29, 0.717) is 5.56 Å². The van der Waals surface area contributed by atoms with Gasteiger partial charge in [-0.15, -0.1) is 0 Å². The van der Waals surface area contributed by atoms with Crippen molar-refractivity contribution in [1.82, 2.24) is 4.90 Å². The molecule has 23 heavy (non-hydrogen) atoms. The van der Waals surface area contributed by atoms with E-state index in [0.717, 1.165) is 10.5 Å². The average Bonchev–Trinajstić information content (AvgIpc) is 2.56. The zero-order valence-corrected chi connectivity index (χ0v) is 12.9. The fourth-order valence-electron chi connectivity index (χ4n) is 2.38. The van der Waals surface area contributed by atoms with E-state index in [1.165, 1.54) is 7.11 Å². The number of halogens is 2. The molecule has 1 amide bonds. The zero-order chi connectivity index (χ0) is 16.7. The normalized spacial score (nSPS) is 12.2. The van der Waals surface area contributed by atoms with Gasteiger partial charge in [-0.05, 0) is 11.1 Å². The van der Waals surface area contributed by atoms with Gasteiger partial charge in [0.1, 0.15) is 0 Å². The fraction of sp³-hybridized carbons (Fsp3) is 0.278. The maximum atomic E-state index is 12.9. The summed E-state index contributed by atoms with van der Waals surface area (Å²) in [6, 6.07) is 17.9. The lowest BCUT2D eigenvalue weighted by molar-refractivity contribution is -0.145. The molecule has 0 spiro atoms. The molecule has 2 rings (SSSR count). The van der Waals surface area contributed by atoms with Crippen molar-refractivity contribution in [3.8, 4) is 0 Å². The highest BCUT2D eigenvalue weighted by molar-refractivity contribution is 5.82. The third-order valence-corrected chi connectivity index (χ3v) is 3.45. The molecule has 0 radical (unpaired) electrons. The molecule has 0 unspecified atom stereocenters. The first-order chi connectivity index (χ1) is 11.1. The molecule has 0 heterocycles. The van der Waals surface area contributed by atoms with Gasteiger partial charge in [0.25, 0.3) is 12.3 Å². The molecule has 0 aliphatic heterocycles. The third-order valence-electron chi connectivity index (χ3n) is 3.45. The highest BCUT2D eigenvalue weighted by Crippen LogP contribution is 2.21. The summed E-state index contributed by atoms with van der Waals surface area (Å²) in [7, 11) is 1.40. The summed E-state index contributed by atoms with van der Waals surface area (Å²) in [5.74, 6) is -0.470. The van der Waals surface area contributed by atoms with Crippen molar-refractivity contribution in [2.24, 2.45) is 0 Å². The Balaban J connectivity index is 2.21. The number of ether oxygens (including phenoxy) is 1. The van der Waals surface area contributed by atoms with Gasteiger partial charge in [0.05, 0.1) is 6.54 Å². The van der Waals surface area contributed by atoms with Gasteiger partial charge < -0.3 is 9.64 Å². The predicted octanol–water partition coefficient (Wildman–Crippen LogP) is 3.67. The number of hydrogen-bond donors (Lipinski definition) is 0. The molecule has 0 aliphatic rings. The van der Waals surface area contributed by atoms with Gasteiger partial charge in [-0.1, -0.05) is 60.7 Å². The Bertz CT molecular complexity index is 605. The first kappa shape index (κ1) is 17.1. The number of methoxy groups -OCH3 is 1. The van der Waals surface area contributed by atoms with Crippen molar-refractivity contribution < 1.29 is 18.3 Å². The van der Waals surface area contributed by atoms with E-state index >= 15 is 0 Å². The van der Waals surface area contributed by atoms with E-state index in [4.69, 9.17) is 4.74 Å². The maximum absolute atomic E-state index is 12.9. The molecule has 0 aliphatic carbocycles. The molecule has 2 aromatic rings. The smallest absolute Gasteiger partial charge is 0.256 e. The molecule has 0 saturated heterocycles. The molecule has 1 atom stereocenters. The first-order valence-electron chi connectivity index (χ1n) is 7.30. The average molecular weight is 319 g/mol. The van der Waals surface area contributed by atoms with Gasteiger partial charge >= 0.3 is 0 Å². The lowest BCUT2D eigenvalue weighted by Crippen LogP contribution is -2.38. The second kappa shape index (κ2) is 8.39. The minimum atomic E-state index is -2.60. The number of carbonyl (C=O) groups is 1. The topological polar surface area (TPSA) is 29.5 Å². The van der Waals surface area contributed by atoms with Crippen LogP contribution in [0.25, 0.3) is 0 Å². The molecule has 3 nitrogen and oxygen atoms in total. The SMILES string of the molecule is CO[C@H](C(=O)N(Cc1ccccc1)CC(F)F)c1ccccc1. The van der Waals surface area contributed by atoms with Crippen molar-refractivity contribution in [3.63, 3.8) is 0 Å². The van der Waals surface area contributed by atoms with Gasteiger partial charge in [0.2, 0.25) is 0 Å². The number of amides is 1. The Hall–Kier alpha value is -2.27. The van der Waals surface area contributed by atoms with Crippen LogP contribution >= 0.6 is 0 Å². The van der Waals surface area contributed by atoms with E-state index in [-0.39, 0.29) is 6.54 Å². The highest BCUT2D eigenvalue weighted by atomic mass is 19.3. The van der Waals surface area contributed by atoms with Gasteiger partial charge in [-0.3, -0.25) is 4.79 Å². The van der Waals surface area contributed by atoms with Crippen LogP contribution < -0.4 is 0 Å². The van der Waals surface area contributed by atoms with Crippen molar-refractivity contribution in [3.05, 3.63) is 71.8 Å². The van der Waals surface area contributed by atoms with Crippen LogP contribution in [0.4, 0.5) is 8.78 Å². The Kier molecular flexibility index (Phi) is 6.23. The minimum absolute atomic E-state index is 0.122. The van der Waals surface area contributed by atoms with Gasteiger partial charge in [-0.25, -0.2) is 8.78 Å². The zero-order valence-electron chi connectivity index (χ0n) is 12.9. The standard InChI is InChI=1S/C18H19F2NO2/c1-23-17(15-10-6-3-7-11-15)18(22)21(13-16(19)20)12-14-8-4-2-5-9-14/h2-11,16-17H,12-13H2,1H3/t17-/m0/s1. The van der Waals surface area contributed by atoms with E-state index in [1.807, 2.05) is 24.3 Å². The molecule has 5 heteroatoms. The molecule has 122 valence electrons. The first-order valence-corrected chi connectivity index (χ1v) is 7.30. The third kappa shape index (κ3) is 4.86. The molecule has 0 N–H and O–H groups in total. The maximum Gasteiger partial charge on any atom is 0.256 e. The summed E-state index contributed by atoms with van der Waals surface area (Å²) < 4.78 is 31.0. The van der Waals surface area contributed by atoms with E-state index in [9.17, 15) is 13.6 Å². The summed E-state index contributed by atoms with van der Waals surface area (Å²) >= 11 is 0. The number of hydrogen-bond acceptors (Lipinski definition) is 2. The second-order valence-electron chi connectivity index (χ2n) is 5.12. The second-order valence-corrected chi connectivity index (χ2v) is 5.12. The molecule has 0 bridgehead atoms. The predicted molar refractivity (Wildman–Crippen MR) is 84.1 cm³/mol. The summed E-state index contributed by atoms with van der Waals surface area (Å²) in [5.41, 5.74) is 1.44. The Labute approximate surface area is 134 Å². The van der Waals surface area contributed by atoms with Crippen LogP contribution in [0.2, 0.25) is 0 Å². The molecular weight excluding hydrogens is 300 g/mol. The molecule has 0 fully saturated rings. The molecular formula is C18H19F2NO2. The number of carbonyl (C=O) groups excluding carboxylic acids is 1. The lowest BCUT2D eigenvalue weighted by atomic mass is 10.1. The van der Waals surface area contributed by atoms with Crippen molar-refractivity contribution in [2.75, 3.05) is 13.7 Å². The lowest BCUT2D eigenvalue weighted by Gasteiger charge is -2.27. The monoisotopic (exact) mass is 319 g/mol. The van der Waals surface area contributed by atoms with Crippen molar-refractivity contribution in [1.29, 1.82) is 0 Å². The van der Waals surface area contributed by atoms with Crippen LogP contribution in [-0.4, -0.2) is 30.9 Å². The van der Waals surface area contributed by atoms with Crippen molar-refractivity contribution in [2.45, 2.75) is 19.1 Å². The molecule has 2 aromatic carbocycles. The van der Waals surface area contributed by atoms with Gasteiger partial charge in [0, 0.05) is 13.7 Å². The quantitative estimate of drug-likeness (QED) is 0.779. The number of alkyl halides is 2. The van der Waals surface area contributed by atoms with Crippen LogP contribution in [0.15, 0.2) is 60.7 Å².